The zero-order valence-corrected chi connectivity index (χ0v) is 10.7. The molecule has 0 radical (unpaired) electrons. The molecule has 0 saturated heterocycles. The summed E-state index contributed by atoms with van der Waals surface area (Å²) in [4.78, 5) is 2.25. The predicted molar refractivity (Wildman–Crippen MR) is 72.0 cm³/mol. The minimum absolute atomic E-state index is 0.635. The lowest BCUT2D eigenvalue weighted by Crippen LogP contribution is -2.32. The van der Waals surface area contributed by atoms with Gasteiger partial charge in [0, 0.05) is 17.8 Å². The summed E-state index contributed by atoms with van der Waals surface area (Å²) in [5.41, 5.74) is 3.75. The summed E-state index contributed by atoms with van der Waals surface area (Å²) in [6.07, 6.45) is 4.18. The molecule has 1 aliphatic rings. The Morgan fingerprint density at radius 2 is 2.12 bits per heavy atom. The number of hydrogen-bond acceptors (Lipinski definition) is 2. The average molecular weight is 229 g/mol. The van der Waals surface area contributed by atoms with Crippen LogP contribution in [0.25, 0.3) is 0 Å². The topological polar surface area (TPSA) is 12.5 Å². The van der Waals surface area contributed by atoms with Gasteiger partial charge in [-0.25, -0.2) is 0 Å². The zero-order valence-electron chi connectivity index (χ0n) is 10.7. The molecule has 2 nitrogen and oxygen atoms in total. The van der Waals surface area contributed by atoms with Crippen molar-refractivity contribution in [3.8, 4) is 0 Å². The fourth-order valence-corrected chi connectivity index (χ4v) is 1.99. The molecule has 1 aromatic carbocycles. The van der Waals surface area contributed by atoms with Crippen LogP contribution in [0.1, 0.15) is 19.4 Å². The smallest absolute Gasteiger partial charge is 0.161 e. The first kappa shape index (κ1) is 11.8. The van der Waals surface area contributed by atoms with E-state index in [0.717, 1.165) is 12.3 Å². The summed E-state index contributed by atoms with van der Waals surface area (Å²) in [6, 6.07) is 8.52. The molecule has 0 saturated carbocycles. The molecule has 0 amide bonds. The Morgan fingerprint density at radius 3 is 2.82 bits per heavy atom. The molecular weight excluding hydrogens is 210 g/mol. The van der Waals surface area contributed by atoms with Gasteiger partial charge in [0.05, 0.1) is 0 Å². The van der Waals surface area contributed by atoms with Crippen LogP contribution in [0.5, 0.6) is 0 Å². The van der Waals surface area contributed by atoms with Crippen molar-refractivity contribution in [3.63, 3.8) is 0 Å². The molecule has 0 bridgehead atoms. The maximum absolute atomic E-state index is 5.70. The van der Waals surface area contributed by atoms with Gasteiger partial charge in [0.15, 0.2) is 6.73 Å². The Bertz CT molecular complexity index is 460. The van der Waals surface area contributed by atoms with E-state index in [0.29, 0.717) is 6.73 Å². The van der Waals surface area contributed by atoms with Crippen molar-refractivity contribution in [3.05, 3.63) is 53.3 Å². The van der Waals surface area contributed by atoms with Gasteiger partial charge in [0.2, 0.25) is 0 Å². The van der Waals surface area contributed by atoms with Gasteiger partial charge in [-0.15, -0.1) is 0 Å². The first-order valence-corrected chi connectivity index (χ1v) is 5.97. The number of hydrogen-bond donors (Lipinski definition) is 0. The fourth-order valence-electron chi connectivity index (χ4n) is 1.99. The number of nitrogens with zero attached hydrogens (tertiary/aromatic N) is 1. The van der Waals surface area contributed by atoms with Crippen LogP contribution in [0.4, 0.5) is 5.69 Å². The number of anilines is 1. The molecule has 1 heterocycles. The second-order valence-electron chi connectivity index (χ2n) is 4.39. The molecule has 17 heavy (non-hydrogen) atoms. The maximum atomic E-state index is 5.70. The largest absolute Gasteiger partial charge is 0.477 e. The third-order valence-electron chi connectivity index (χ3n) is 2.98. The number of aryl methyl sites for hydroxylation is 1. The highest BCUT2D eigenvalue weighted by molar-refractivity contribution is 5.51. The lowest BCUT2D eigenvalue weighted by atomic mass is 10.1. The maximum Gasteiger partial charge on any atom is 0.161 e. The van der Waals surface area contributed by atoms with E-state index in [1.54, 1.807) is 0 Å². The normalized spacial score (nSPS) is 16.5. The number of rotatable bonds is 2. The molecule has 2 heteroatoms. The number of benzene rings is 1. The van der Waals surface area contributed by atoms with Crippen molar-refractivity contribution in [1.29, 1.82) is 0 Å². The van der Waals surface area contributed by atoms with Crippen LogP contribution in [-0.4, -0.2) is 13.3 Å². The first-order chi connectivity index (χ1) is 8.20. The van der Waals surface area contributed by atoms with E-state index in [4.69, 9.17) is 4.74 Å². The van der Waals surface area contributed by atoms with Crippen molar-refractivity contribution in [2.45, 2.75) is 20.8 Å². The van der Waals surface area contributed by atoms with Crippen LogP contribution in [0.15, 0.2) is 47.7 Å². The van der Waals surface area contributed by atoms with Crippen LogP contribution in [-0.2, 0) is 4.74 Å². The van der Waals surface area contributed by atoms with Gasteiger partial charge < -0.3 is 9.64 Å². The van der Waals surface area contributed by atoms with Crippen LogP contribution in [0, 0.1) is 6.92 Å². The number of allylic oxidation sites excluding steroid dienone is 2. The highest BCUT2D eigenvalue weighted by Gasteiger charge is 2.16. The third-order valence-corrected chi connectivity index (χ3v) is 2.98. The Balaban J connectivity index is 2.21. The minimum atomic E-state index is 0.635. The highest BCUT2D eigenvalue weighted by atomic mass is 16.5. The van der Waals surface area contributed by atoms with Gasteiger partial charge in [-0.2, -0.15) is 0 Å². The predicted octanol–water partition coefficient (Wildman–Crippen LogP) is 3.64. The van der Waals surface area contributed by atoms with Crippen LogP contribution >= 0.6 is 0 Å². The summed E-state index contributed by atoms with van der Waals surface area (Å²) in [6.45, 7) is 7.73. The highest BCUT2D eigenvalue weighted by Crippen LogP contribution is 2.23. The van der Waals surface area contributed by atoms with Crippen molar-refractivity contribution < 1.29 is 4.74 Å². The molecule has 0 N–H and O–H groups in total. The van der Waals surface area contributed by atoms with Crippen molar-refractivity contribution in [2.24, 2.45) is 0 Å². The fraction of sp³-hybridized carbons (Fsp3) is 0.333. The average Bonchev–Trinajstić information content (AvgIpc) is 2.32. The van der Waals surface area contributed by atoms with Crippen LogP contribution < -0.4 is 4.90 Å². The van der Waals surface area contributed by atoms with Gasteiger partial charge in [-0.1, -0.05) is 24.3 Å². The molecule has 1 aliphatic heterocycles. The summed E-state index contributed by atoms with van der Waals surface area (Å²) >= 11 is 0. The van der Waals surface area contributed by atoms with Crippen LogP contribution in [0.2, 0.25) is 0 Å². The molecular formula is C15H19NO. The second kappa shape index (κ2) is 5.09. The van der Waals surface area contributed by atoms with Gasteiger partial charge in [0.25, 0.3) is 0 Å². The lowest BCUT2D eigenvalue weighted by molar-refractivity contribution is 0.198. The Kier molecular flexibility index (Phi) is 3.52. The van der Waals surface area contributed by atoms with E-state index in [2.05, 4.69) is 48.2 Å². The van der Waals surface area contributed by atoms with Gasteiger partial charge in [-0.3, -0.25) is 0 Å². The third kappa shape index (κ3) is 2.70. The molecule has 0 atom stereocenters. The van der Waals surface area contributed by atoms with Gasteiger partial charge >= 0.3 is 0 Å². The molecule has 0 aromatic heterocycles. The Morgan fingerprint density at radius 1 is 1.29 bits per heavy atom. The van der Waals surface area contributed by atoms with E-state index in [1.807, 2.05) is 13.8 Å². The molecule has 90 valence electrons. The quantitative estimate of drug-likeness (QED) is 0.767. The standard InChI is InChI=1S/C15H19NO/c1-4-6-14-10-16(11-17-13(14)3)15-8-5-7-12(2)9-15/h4-9H,10-11H2,1-3H3/b6-4-. The summed E-state index contributed by atoms with van der Waals surface area (Å²) < 4.78 is 5.70. The molecule has 0 fully saturated rings. The van der Waals surface area contributed by atoms with E-state index < -0.39 is 0 Å². The zero-order chi connectivity index (χ0) is 12.3. The summed E-state index contributed by atoms with van der Waals surface area (Å²) in [7, 11) is 0. The molecule has 1 aromatic rings. The Labute approximate surface area is 103 Å². The first-order valence-electron chi connectivity index (χ1n) is 5.97. The van der Waals surface area contributed by atoms with E-state index in [-0.39, 0.29) is 0 Å². The second-order valence-corrected chi connectivity index (χ2v) is 4.39. The van der Waals surface area contributed by atoms with Gasteiger partial charge in [-0.05, 0) is 38.5 Å². The monoisotopic (exact) mass is 229 g/mol. The molecule has 0 aliphatic carbocycles. The lowest BCUT2D eigenvalue weighted by Gasteiger charge is -2.31. The van der Waals surface area contributed by atoms with E-state index >= 15 is 0 Å². The molecule has 0 unspecified atom stereocenters. The van der Waals surface area contributed by atoms with Crippen LogP contribution in [0.3, 0.4) is 0 Å². The van der Waals surface area contributed by atoms with Crippen molar-refractivity contribution >= 4 is 5.69 Å². The van der Waals surface area contributed by atoms with Crippen molar-refractivity contribution in [2.75, 3.05) is 18.2 Å². The van der Waals surface area contributed by atoms with E-state index in [9.17, 15) is 0 Å². The summed E-state index contributed by atoms with van der Waals surface area (Å²) in [5, 5.41) is 0. The van der Waals surface area contributed by atoms with E-state index in [1.165, 1.54) is 16.8 Å². The van der Waals surface area contributed by atoms with Crippen molar-refractivity contribution in [1.82, 2.24) is 0 Å². The Hall–Kier alpha value is -1.70. The summed E-state index contributed by atoms with van der Waals surface area (Å²) in [5.74, 6) is 1.03. The molecule has 0 spiro atoms. The van der Waals surface area contributed by atoms with Gasteiger partial charge in [0.1, 0.15) is 5.76 Å². The minimum Gasteiger partial charge on any atom is -0.477 e. The number of ether oxygens (including phenoxy) is 1. The molecule has 2 rings (SSSR count). The SMILES string of the molecule is C/C=C\C1=C(C)OCN(c2cccc(C)c2)C1.